The van der Waals surface area contributed by atoms with E-state index >= 15 is 0 Å². The van der Waals surface area contributed by atoms with Gasteiger partial charge in [-0.15, -0.1) is 0 Å². The third kappa shape index (κ3) is 6.34. The molecule has 7 nitrogen and oxygen atoms in total. The molecule has 6 N–H and O–H groups in total. The first-order chi connectivity index (χ1) is 15.4. The number of H-pyrrole nitrogens is 1. The molecule has 1 aromatic heterocycles. The summed E-state index contributed by atoms with van der Waals surface area (Å²) < 4.78 is 5.85. The zero-order valence-corrected chi connectivity index (χ0v) is 19.2. The average molecular weight is 435 g/mol. The summed E-state index contributed by atoms with van der Waals surface area (Å²) in [4.78, 5) is 8.06. The Labute approximate surface area is 190 Å². The number of ether oxygens (including phenoxy) is 1. The molecule has 0 radical (unpaired) electrons. The summed E-state index contributed by atoms with van der Waals surface area (Å²) in [7, 11) is 0. The van der Waals surface area contributed by atoms with Crippen molar-refractivity contribution in [1.29, 1.82) is 0 Å². The van der Waals surface area contributed by atoms with Gasteiger partial charge in [-0.2, -0.15) is 5.10 Å². The lowest BCUT2D eigenvalue weighted by Crippen LogP contribution is -2.35. The van der Waals surface area contributed by atoms with Gasteiger partial charge < -0.3 is 21.0 Å². The predicted octanol–water partition coefficient (Wildman–Crippen LogP) is 3.95. The maximum absolute atomic E-state index is 5.85. The number of rotatable bonds is 10. The fraction of sp³-hybridized carbons (Fsp3) is 0.360. The Hall–Kier alpha value is -3.32. The van der Waals surface area contributed by atoms with E-state index in [4.69, 9.17) is 16.4 Å². The molecule has 0 aliphatic rings. The second kappa shape index (κ2) is 10.8. The Balaban J connectivity index is 1.62. The van der Waals surface area contributed by atoms with Gasteiger partial charge in [0.2, 0.25) is 0 Å². The van der Waals surface area contributed by atoms with E-state index in [9.17, 15) is 0 Å². The molecule has 3 aromatic rings. The second-order valence-corrected chi connectivity index (χ2v) is 8.75. The lowest BCUT2D eigenvalue weighted by molar-refractivity contribution is 0.346. The molecule has 0 amide bonds. The summed E-state index contributed by atoms with van der Waals surface area (Å²) in [6.45, 7) is 6.98. The van der Waals surface area contributed by atoms with Crippen LogP contribution in [0, 0.1) is 5.41 Å². The maximum atomic E-state index is 5.85. The van der Waals surface area contributed by atoms with Gasteiger partial charge in [0.05, 0.1) is 0 Å². The number of amidine groups is 1. The monoisotopic (exact) mass is 434 g/mol. The zero-order chi connectivity index (χ0) is 23.0. The molecule has 170 valence electrons. The third-order valence-electron chi connectivity index (χ3n) is 5.80. The van der Waals surface area contributed by atoms with E-state index in [0.29, 0.717) is 11.3 Å². The molecule has 0 aliphatic heterocycles. The van der Waals surface area contributed by atoms with Gasteiger partial charge in [0.15, 0.2) is 5.84 Å². The largest absolute Gasteiger partial charge is 0.485 e. The molecular weight excluding hydrogens is 400 g/mol. The lowest BCUT2D eigenvalue weighted by Gasteiger charge is -2.21. The number of hydrogen-bond acceptors (Lipinski definition) is 5. The molecule has 0 unspecified atom stereocenters. The van der Waals surface area contributed by atoms with Crippen molar-refractivity contribution in [3.05, 3.63) is 71.8 Å². The molecule has 2 aromatic carbocycles. The highest BCUT2D eigenvalue weighted by molar-refractivity contribution is 5.83. The Morgan fingerprint density at radius 2 is 1.88 bits per heavy atom. The number of aryl methyl sites for hydroxylation is 2. The molecule has 0 saturated carbocycles. The van der Waals surface area contributed by atoms with Gasteiger partial charge >= 0.3 is 0 Å². The summed E-state index contributed by atoms with van der Waals surface area (Å²) in [5.74, 6) is 12.8. The summed E-state index contributed by atoms with van der Waals surface area (Å²) in [5.41, 5.74) is 7.28. The topological polar surface area (TPSA) is 114 Å². The van der Waals surface area contributed by atoms with Gasteiger partial charge in [-0.3, -0.25) is 0 Å². The summed E-state index contributed by atoms with van der Waals surface area (Å²) >= 11 is 0. The summed E-state index contributed by atoms with van der Waals surface area (Å²) in [6, 6.07) is 16.4. The normalized spacial score (nSPS) is 12.1. The van der Waals surface area contributed by atoms with Crippen LogP contribution in [0.1, 0.15) is 44.3 Å². The highest BCUT2D eigenvalue weighted by Gasteiger charge is 2.17. The van der Waals surface area contributed by atoms with E-state index in [0.717, 1.165) is 48.4 Å². The molecule has 0 bridgehead atoms. The van der Waals surface area contributed by atoms with Gasteiger partial charge in [0.1, 0.15) is 18.2 Å². The van der Waals surface area contributed by atoms with E-state index in [2.05, 4.69) is 65.5 Å². The summed E-state index contributed by atoms with van der Waals surface area (Å²) in [6.07, 6.45) is 5.97. The van der Waals surface area contributed by atoms with Crippen molar-refractivity contribution >= 4 is 5.84 Å². The van der Waals surface area contributed by atoms with Gasteiger partial charge in [-0.05, 0) is 35.4 Å². The number of hydrazone groups is 1. The van der Waals surface area contributed by atoms with Crippen molar-refractivity contribution in [2.45, 2.75) is 46.5 Å². The van der Waals surface area contributed by atoms with Crippen LogP contribution in [0.4, 0.5) is 0 Å². The Morgan fingerprint density at radius 3 is 2.56 bits per heavy atom. The van der Waals surface area contributed by atoms with Crippen molar-refractivity contribution in [3.8, 4) is 16.9 Å². The minimum absolute atomic E-state index is 0.169. The molecule has 0 aliphatic carbocycles. The van der Waals surface area contributed by atoms with Crippen LogP contribution in [0.2, 0.25) is 0 Å². The number of benzene rings is 2. The number of aromatic amines is 1. The Bertz CT molecular complexity index is 1020. The zero-order valence-electron chi connectivity index (χ0n) is 19.2. The van der Waals surface area contributed by atoms with E-state index < -0.39 is 0 Å². The minimum atomic E-state index is 0.169. The molecule has 0 fully saturated rings. The van der Waals surface area contributed by atoms with E-state index in [-0.39, 0.29) is 6.61 Å². The highest BCUT2D eigenvalue weighted by atomic mass is 16.5. The summed E-state index contributed by atoms with van der Waals surface area (Å²) in [5, 5.41) is 3.55. The number of nitrogens with zero attached hydrogens (tertiary/aromatic N) is 2. The van der Waals surface area contributed by atoms with Crippen LogP contribution in [0.25, 0.3) is 11.1 Å². The Kier molecular flexibility index (Phi) is 7.89. The molecule has 0 spiro atoms. The molecule has 1 heterocycles. The number of para-hydroxylation sites is 1. The smallest absolute Gasteiger partial charge is 0.173 e. The van der Waals surface area contributed by atoms with Crippen molar-refractivity contribution in [3.63, 3.8) is 0 Å². The van der Waals surface area contributed by atoms with Crippen LogP contribution in [0.15, 0.2) is 59.8 Å². The Morgan fingerprint density at radius 1 is 1.12 bits per heavy atom. The highest BCUT2D eigenvalue weighted by Crippen LogP contribution is 2.30. The van der Waals surface area contributed by atoms with Gasteiger partial charge in [0, 0.05) is 23.9 Å². The van der Waals surface area contributed by atoms with Crippen LogP contribution in [0.5, 0.6) is 5.75 Å². The predicted molar refractivity (Wildman–Crippen MR) is 130 cm³/mol. The molecule has 32 heavy (non-hydrogen) atoms. The van der Waals surface area contributed by atoms with E-state index in [1.807, 2.05) is 30.5 Å². The van der Waals surface area contributed by atoms with Crippen molar-refractivity contribution in [1.82, 2.24) is 15.4 Å². The van der Waals surface area contributed by atoms with E-state index in [1.165, 1.54) is 11.3 Å². The quantitative estimate of drug-likeness (QED) is 0.167. The van der Waals surface area contributed by atoms with Gasteiger partial charge in [-0.1, -0.05) is 69.7 Å². The first kappa shape index (κ1) is 23.3. The number of hydrogen-bond donors (Lipinski definition) is 4. The second-order valence-electron chi connectivity index (χ2n) is 8.75. The first-order valence-corrected chi connectivity index (χ1v) is 11.0. The number of nitrogens with one attached hydrogen (secondary N) is 2. The van der Waals surface area contributed by atoms with Crippen molar-refractivity contribution in [2.24, 2.45) is 22.2 Å². The van der Waals surface area contributed by atoms with E-state index in [1.54, 1.807) is 0 Å². The minimum Gasteiger partial charge on any atom is -0.485 e. The number of hydrazine groups is 1. The van der Waals surface area contributed by atoms with Crippen LogP contribution >= 0.6 is 0 Å². The first-order valence-electron chi connectivity index (χ1n) is 11.0. The SMILES string of the molecule is CCC(C)(C)Cc1cnc(CCc2ccc(-c3ccccc3OC/C(=N/N)NN)cc2)[nH]1. The third-order valence-corrected chi connectivity index (χ3v) is 5.80. The molecule has 0 saturated heterocycles. The molecule has 3 rings (SSSR count). The van der Waals surface area contributed by atoms with Gasteiger partial charge in [-0.25, -0.2) is 10.8 Å². The van der Waals surface area contributed by atoms with Crippen molar-refractivity contribution < 1.29 is 4.74 Å². The van der Waals surface area contributed by atoms with Crippen LogP contribution in [-0.4, -0.2) is 22.4 Å². The van der Waals surface area contributed by atoms with Crippen LogP contribution in [-0.2, 0) is 19.3 Å². The van der Waals surface area contributed by atoms with Gasteiger partial charge in [0.25, 0.3) is 0 Å². The molecular formula is C25H34N6O. The number of aromatic nitrogens is 2. The standard InChI is InChI=1S/C25H34N6O/c1-4-25(2,3)15-20-16-28-23(29-20)14-11-18-9-12-19(13-10-18)21-7-5-6-8-22(21)32-17-24(30-26)31-27/h5-10,12-13,16H,4,11,14-15,17,26-27H2,1-3H3,(H,28,29)(H,30,31). The maximum Gasteiger partial charge on any atom is 0.173 e. The van der Waals surface area contributed by atoms with Crippen LogP contribution in [0.3, 0.4) is 0 Å². The van der Waals surface area contributed by atoms with Crippen molar-refractivity contribution in [2.75, 3.05) is 6.61 Å². The fourth-order valence-electron chi connectivity index (χ4n) is 3.47. The average Bonchev–Trinajstić information content (AvgIpc) is 3.25. The number of imidazole rings is 1. The number of nitrogens with two attached hydrogens (primary N) is 2. The molecule has 0 atom stereocenters. The van der Waals surface area contributed by atoms with Crippen LogP contribution < -0.4 is 21.8 Å². The molecule has 7 heteroatoms. The fourth-order valence-corrected chi connectivity index (χ4v) is 3.47. The lowest BCUT2D eigenvalue weighted by atomic mass is 9.85.